The van der Waals surface area contributed by atoms with E-state index in [9.17, 15) is 18.0 Å². The summed E-state index contributed by atoms with van der Waals surface area (Å²) in [4.78, 5) is 27.9. The molecule has 0 fully saturated rings. The van der Waals surface area contributed by atoms with Crippen molar-refractivity contribution >= 4 is 16.1 Å². The van der Waals surface area contributed by atoms with Gasteiger partial charge in [-0.25, -0.2) is 13.4 Å². The number of aromatic amines is 1. The molecular formula is C8H8N2O4S. The number of hydrogen-bond acceptors (Lipinski definition) is 5. The summed E-state index contributed by atoms with van der Waals surface area (Å²) in [5, 5.41) is 0. The van der Waals surface area contributed by atoms with E-state index in [1.807, 2.05) is 0 Å². The summed E-state index contributed by atoms with van der Waals surface area (Å²) < 4.78 is 22.6. The van der Waals surface area contributed by atoms with E-state index in [4.69, 9.17) is 0 Å². The lowest BCUT2D eigenvalue weighted by atomic mass is 10.2. The van der Waals surface area contributed by atoms with Crippen LogP contribution in [0.2, 0.25) is 0 Å². The zero-order chi connectivity index (χ0) is 11.1. The lowest BCUT2D eigenvalue weighted by Crippen LogP contribution is -2.29. The van der Waals surface area contributed by atoms with Crippen LogP contribution >= 0.6 is 0 Å². The third-order valence-corrected chi connectivity index (χ3v) is 3.79. The van der Waals surface area contributed by atoms with Gasteiger partial charge in [0, 0.05) is 5.56 Å². The van der Waals surface area contributed by atoms with Crippen molar-refractivity contribution in [2.75, 3.05) is 5.75 Å². The summed E-state index contributed by atoms with van der Waals surface area (Å²) in [6, 6.07) is 0. The molecule has 1 aliphatic rings. The van der Waals surface area contributed by atoms with Crippen molar-refractivity contribution < 1.29 is 13.2 Å². The second-order valence-electron chi connectivity index (χ2n) is 3.34. The highest BCUT2D eigenvalue weighted by Crippen LogP contribution is 2.14. The number of H-pyrrole nitrogens is 1. The van der Waals surface area contributed by atoms with Crippen LogP contribution in [0.15, 0.2) is 4.79 Å². The Balaban J connectivity index is 2.64. The van der Waals surface area contributed by atoms with Gasteiger partial charge in [0.25, 0.3) is 5.56 Å². The number of sulfone groups is 1. The molecule has 80 valence electrons. The van der Waals surface area contributed by atoms with Gasteiger partial charge in [0.1, 0.15) is 0 Å². The fourth-order valence-electron chi connectivity index (χ4n) is 1.53. The number of aromatic nitrogens is 2. The van der Waals surface area contributed by atoms with Gasteiger partial charge >= 0.3 is 0 Å². The molecule has 1 aromatic heterocycles. The summed E-state index contributed by atoms with van der Waals surface area (Å²) in [5.74, 6) is -0.422. The Kier molecular flexibility index (Phi) is 2.18. The smallest absolute Gasteiger partial charge is 0.254 e. The van der Waals surface area contributed by atoms with Gasteiger partial charge in [-0.3, -0.25) is 9.59 Å². The van der Waals surface area contributed by atoms with E-state index in [0.29, 0.717) is 11.8 Å². The normalized spacial score (nSPS) is 18.1. The van der Waals surface area contributed by atoms with Gasteiger partial charge in [0.15, 0.2) is 21.9 Å². The van der Waals surface area contributed by atoms with E-state index in [0.717, 1.165) is 0 Å². The molecule has 0 radical (unpaired) electrons. The fraction of sp³-hybridized carbons (Fsp3) is 0.375. The van der Waals surface area contributed by atoms with Gasteiger partial charge in [-0.1, -0.05) is 0 Å². The van der Waals surface area contributed by atoms with Gasteiger partial charge < -0.3 is 4.98 Å². The standard InChI is InChI=1S/C8H8N2O4S/c11-3-7-9-6-4-15(13,14)2-1-5(6)8(12)10-7/h3H,1-2,4H2,(H,9,10,12). The third kappa shape index (κ3) is 1.82. The molecule has 0 spiro atoms. The number of carbonyl (C=O) groups is 1. The van der Waals surface area contributed by atoms with Gasteiger partial charge in [0.05, 0.1) is 17.2 Å². The predicted octanol–water partition coefficient (Wildman–Crippen LogP) is -0.947. The topological polar surface area (TPSA) is 97.0 Å². The van der Waals surface area contributed by atoms with Crippen molar-refractivity contribution in [2.45, 2.75) is 12.2 Å². The highest BCUT2D eigenvalue weighted by atomic mass is 32.2. The molecule has 2 heterocycles. The van der Waals surface area contributed by atoms with E-state index in [1.165, 1.54) is 0 Å². The summed E-state index contributed by atoms with van der Waals surface area (Å²) >= 11 is 0. The molecule has 1 N–H and O–H groups in total. The monoisotopic (exact) mass is 228 g/mol. The summed E-state index contributed by atoms with van der Waals surface area (Å²) in [6.45, 7) is 0. The third-order valence-electron chi connectivity index (χ3n) is 2.25. The molecule has 6 nitrogen and oxygen atoms in total. The van der Waals surface area contributed by atoms with Gasteiger partial charge in [-0.15, -0.1) is 0 Å². The van der Waals surface area contributed by atoms with Crippen molar-refractivity contribution in [1.82, 2.24) is 9.97 Å². The molecule has 2 rings (SSSR count). The Labute approximate surface area is 85.3 Å². The number of nitrogens with zero attached hydrogens (tertiary/aromatic N) is 1. The minimum absolute atomic E-state index is 0.0365. The highest BCUT2D eigenvalue weighted by molar-refractivity contribution is 7.90. The Bertz CT molecular complexity index is 573. The number of carbonyl (C=O) groups excluding carboxylic acids is 1. The summed E-state index contributed by atoms with van der Waals surface area (Å²) in [7, 11) is -3.17. The second-order valence-corrected chi connectivity index (χ2v) is 5.52. The van der Waals surface area contributed by atoms with Crippen LogP contribution in [0, 0.1) is 0 Å². The molecule has 0 aromatic carbocycles. The lowest BCUT2D eigenvalue weighted by Gasteiger charge is -2.13. The molecule has 7 heteroatoms. The highest BCUT2D eigenvalue weighted by Gasteiger charge is 2.25. The zero-order valence-corrected chi connectivity index (χ0v) is 8.50. The maximum Gasteiger partial charge on any atom is 0.254 e. The Morgan fingerprint density at radius 3 is 2.80 bits per heavy atom. The Hall–Kier alpha value is -1.50. The minimum Gasteiger partial charge on any atom is -0.304 e. The number of rotatable bonds is 1. The van der Waals surface area contributed by atoms with Crippen LogP contribution in [0.3, 0.4) is 0 Å². The van der Waals surface area contributed by atoms with Crippen LogP contribution in [0.4, 0.5) is 0 Å². The first kappa shape index (κ1) is 10.0. The van der Waals surface area contributed by atoms with Crippen LogP contribution in [0.1, 0.15) is 21.9 Å². The Morgan fingerprint density at radius 1 is 1.40 bits per heavy atom. The van der Waals surface area contributed by atoms with Crippen molar-refractivity contribution in [3.8, 4) is 0 Å². The molecular weight excluding hydrogens is 220 g/mol. The first-order valence-electron chi connectivity index (χ1n) is 4.29. The SMILES string of the molecule is O=Cc1nc2c(c(=O)[nH]1)CCS(=O)(=O)C2. The molecule has 0 aliphatic carbocycles. The van der Waals surface area contributed by atoms with Crippen LogP contribution in [0.25, 0.3) is 0 Å². The molecule has 0 bridgehead atoms. The molecule has 0 atom stereocenters. The maximum absolute atomic E-state index is 11.4. The van der Waals surface area contributed by atoms with E-state index in [1.54, 1.807) is 0 Å². The number of aldehydes is 1. The number of nitrogens with one attached hydrogen (secondary N) is 1. The second kappa shape index (κ2) is 3.27. The molecule has 0 unspecified atom stereocenters. The average molecular weight is 228 g/mol. The van der Waals surface area contributed by atoms with Crippen LogP contribution in [0.5, 0.6) is 0 Å². The van der Waals surface area contributed by atoms with Crippen LogP contribution in [-0.4, -0.2) is 30.4 Å². The number of hydrogen-bond donors (Lipinski definition) is 1. The quantitative estimate of drug-likeness (QED) is 0.625. The lowest BCUT2D eigenvalue weighted by molar-refractivity contribution is 0.111. The van der Waals surface area contributed by atoms with Gasteiger partial charge in [-0.2, -0.15) is 0 Å². The molecule has 0 amide bonds. The van der Waals surface area contributed by atoms with E-state index < -0.39 is 15.4 Å². The maximum atomic E-state index is 11.4. The molecule has 1 aromatic rings. The van der Waals surface area contributed by atoms with Crippen LogP contribution < -0.4 is 5.56 Å². The van der Waals surface area contributed by atoms with Gasteiger partial charge in [0.2, 0.25) is 0 Å². The van der Waals surface area contributed by atoms with Crippen molar-refractivity contribution in [2.24, 2.45) is 0 Å². The van der Waals surface area contributed by atoms with Crippen LogP contribution in [-0.2, 0) is 22.0 Å². The van der Waals surface area contributed by atoms with E-state index in [2.05, 4.69) is 9.97 Å². The first-order chi connectivity index (χ1) is 7.02. The zero-order valence-electron chi connectivity index (χ0n) is 7.69. The molecule has 0 saturated carbocycles. The minimum atomic E-state index is -3.17. The fourth-order valence-corrected chi connectivity index (χ4v) is 2.85. The van der Waals surface area contributed by atoms with Crippen molar-refractivity contribution in [3.63, 3.8) is 0 Å². The number of fused-ring (bicyclic) bond motifs is 1. The molecule has 15 heavy (non-hydrogen) atoms. The summed E-state index contributed by atoms with van der Waals surface area (Å²) in [5.41, 5.74) is 0.152. The van der Waals surface area contributed by atoms with E-state index >= 15 is 0 Å². The predicted molar refractivity (Wildman–Crippen MR) is 51.4 cm³/mol. The Morgan fingerprint density at radius 2 is 2.13 bits per heavy atom. The molecule has 0 saturated heterocycles. The van der Waals surface area contributed by atoms with Crippen molar-refractivity contribution in [1.29, 1.82) is 0 Å². The average Bonchev–Trinajstić information content (AvgIpc) is 2.15. The summed E-state index contributed by atoms with van der Waals surface area (Å²) in [6.07, 6.45) is 0.558. The van der Waals surface area contributed by atoms with E-state index in [-0.39, 0.29) is 29.4 Å². The van der Waals surface area contributed by atoms with Crippen molar-refractivity contribution in [3.05, 3.63) is 27.4 Å². The van der Waals surface area contributed by atoms with Gasteiger partial charge in [-0.05, 0) is 6.42 Å². The molecule has 1 aliphatic heterocycles. The first-order valence-corrected chi connectivity index (χ1v) is 6.11. The largest absolute Gasteiger partial charge is 0.304 e.